The molecule has 3 heterocycles. The third-order valence-electron chi connectivity index (χ3n) is 10.1. The molecule has 1 unspecified atom stereocenters. The lowest BCUT2D eigenvalue weighted by Gasteiger charge is -2.45. The van der Waals surface area contributed by atoms with Gasteiger partial charge in [-0.2, -0.15) is 32.1 Å². The number of alkyl halides is 7. The number of nitrogens with one attached hydrogen (secondary N) is 1. The number of hydrogen-bond acceptors (Lipinski definition) is 8. The number of allylic oxidation sites excluding steroid dienone is 3. The number of benzene rings is 1. The first kappa shape index (κ1) is 39.7. The molecule has 20 heteroatoms. The number of alkyl carbamates (subject to hydrolysis) is 1. The van der Waals surface area contributed by atoms with Crippen molar-refractivity contribution in [3.05, 3.63) is 77.1 Å². The zero-order valence-corrected chi connectivity index (χ0v) is 30.7. The molecule has 0 radical (unpaired) electrons. The van der Waals surface area contributed by atoms with E-state index >= 15 is 4.79 Å². The van der Waals surface area contributed by atoms with Gasteiger partial charge in [0.2, 0.25) is 0 Å². The molecule has 0 spiro atoms. The van der Waals surface area contributed by atoms with Crippen LogP contribution in [0.25, 0.3) is 11.3 Å². The van der Waals surface area contributed by atoms with Gasteiger partial charge in [-0.05, 0) is 60.4 Å². The van der Waals surface area contributed by atoms with E-state index < -0.39 is 71.5 Å². The van der Waals surface area contributed by atoms with E-state index in [9.17, 15) is 35.5 Å². The Balaban J connectivity index is 1.40. The Labute approximate surface area is 315 Å². The van der Waals surface area contributed by atoms with Gasteiger partial charge in [0, 0.05) is 11.6 Å². The van der Waals surface area contributed by atoms with Crippen LogP contribution in [-0.4, -0.2) is 71.3 Å². The van der Waals surface area contributed by atoms with Gasteiger partial charge in [-0.1, -0.05) is 63.6 Å². The number of aromatic nitrogens is 5. The minimum atomic E-state index is -4.75. The van der Waals surface area contributed by atoms with Crippen molar-refractivity contribution in [1.82, 2.24) is 34.8 Å². The second-order valence-corrected chi connectivity index (χ2v) is 15.6. The molecular weight excluding hydrogens is 763 g/mol. The Bertz CT molecular complexity index is 2070. The summed E-state index contributed by atoms with van der Waals surface area (Å²) in [6, 6.07) is 4.06. The predicted octanol–water partition coefficient (Wildman–Crippen LogP) is 7.69. The fourth-order valence-electron chi connectivity index (χ4n) is 7.08. The Morgan fingerprint density at radius 1 is 1.11 bits per heavy atom. The molecule has 0 bridgehead atoms. The molecule has 1 saturated carbocycles. The van der Waals surface area contributed by atoms with Gasteiger partial charge in [-0.3, -0.25) is 9.69 Å². The van der Waals surface area contributed by atoms with Crippen LogP contribution in [-0.2, 0) is 9.53 Å². The normalized spacial score (nSPS) is 22.9. The summed E-state index contributed by atoms with van der Waals surface area (Å²) >= 11 is 6.42. The molecule has 12 nitrogen and oxygen atoms in total. The fourth-order valence-corrected chi connectivity index (χ4v) is 7.28. The first-order valence-electron chi connectivity index (χ1n) is 17.0. The zero-order valence-electron chi connectivity index (χ0n) is 29.9. The average Bonchev–Trinajstić information content (AvgIpc) is 3.40. The molecule has 2 amide bonds. The number of nitrogens with two attached hydrogens (primary N) is 1. The van der Waals surface area contributed by atoms with Crippen molar-refractivity contribution in [2.75, 3.05) is 6.61 Å². The lowest BCUT2D eigenvalue weighted by Crippen LogP contribution is -2.55. The molecule has 3 aromatic rings. The molecule has 6 rings (SSSR count). The van der Waals surface area contributed by atoms with Crippen molar-refractivity contribution in [3.63, 3.8) is 0 Å². The van der Waals surface area contributed by atoms with Crippen LogP contribution < -0.4 is 11.1 Å². The molecule has 3 N–H and O–H groups in total. The smallest absolute Gasteiger partial charge is 0.411 e. The number of aliphatic imine (C=N–C) groups is 1. The van der Waals surface area contributed by atoms with Crippen LogP contribution in [0.3, 0.4) is 0 Å². The molecule has 2 aromatic heterocycles. The molecule has 1 aromatic carbocycles. The first-order valence-corrected chi connectivity index (χ1v) is 17.4. The Kier molecular flexibility index (Phi) is 10.1. The maximum Gasteiger partial charge on any atom is 0.411 e. The largest absolute Gasteiger partial charge is 0.447 e. The number of nitrogens with zero attached hydrogens (tertiary/aromatic N) is 7. The van der Waals surface area contributed by atoms with E-state index in [0.717, 1.165) is 15.9 Å². The fraction of sp³-hybridized carbons (Fsp3) is 0.486. The highest BCUT2D eigenvalue weighted by atomic mass is 35.5. The number of ether oxygens (including phenoxy) is 1. The van der Waals surface area contributed by atoms with Gasteiger partial charge >= 0.3 is 18.8 Å². The van der Waals surface area contributed by atoms with Crippen LogP contribution in [0.1, 0.15) is 89.5 Å². The minimum absolute atomic E-state index is 0.0542. The Hall–Kier alpha value is -4.94. The van der Waals surface area contributed by atoms with Crippen molar-refractivity contribution in [1.29, 1.82) is 0 Å². The lowest BCUT2D eigenvalue weighted by molar-refractivity contribution is -0.164. The van der Waals surface area contributed by atoms with E-state index in [-0.39, 0.29) is 53.6 Å². The molecule has 1 fully saturated rings. The number of carbonyl (C=O) groups excluding carboxylic acids is 2. The summed E-state index contributed by atoms with van der Waals surface area (Å²) in [5.74, 6) is -1.75. The zero-order chi connectivity index (χ0) is 40.3. The molecule has 2 aliphatic carbocycles. The maximum absolute atomic E-state index is 15.1. The van der Waals surface area contributed by atoms with Crippen molar-refractivity contribution in [2.24, 2.45) is 21.6 Å². The quantitative estimate of drug-likeness (QED) is 0.189. The van der Waals surface area contributed by atoms with E-state index in [4.69, 9.17) is 27.1 Å². The van der Waals surface area contributed by atoms with Crippen LogP contribution in [0.15, 0.2) is 60.0 Å². The summed E-state index contributed by atoms with van der Waals surface area (Å²) in [4.78, 5) is 37.5. The van der Waals surface area contributed by atoms with Crippen LogP contribution in [0, 0.1) is 10.8 Å². The molecule has 3 aliphatic rings. The summed E-state index contributed by atoms with van der Waals surface area (Å²) in [6.45, 7) is 3.71. The summed E-state index contributed by atoms with van der Waals surface area (Å²) in [7, 11) is 0. The number of halogens is 8. The summed E-state index contributed by atoms with van der Waals surface area (Å²) in [5, 5.41) is 9.38. The number of guanidine groups is 1. The van der Waals surface area contributed by atoms with Crippen molar-refractivity contribution < 1.29 is 45.1 Å². The third-order valence-corrected chi connectivity index (χ3v) is 10.4. The van der Waals surface area contributed by atoms with E-state index in [1.54, 1.807) is 25.2 Å². The van der Waals surface area contributed by atoms with E-state index in [1.165, 1.54) is 30.5 Å². The van der Waals surface area contributed by atoms with Crippen LogP contribution in [0.5, 0.6) is 0 Å². The second kappa shape index (κ2) is 14.0. The molecule has 296 valence electrons. The number of carbonyl (C=O) groups is 2. The summed E-state index contributed by atoms with van der Waals surface area (Å²) in [5.41, 5.74) is 1.35. The highest BCUT2D eigenvalue weighted by Gasteiger charge is 2.65. The van der Waals surface area contributed by atoms with E-state index in [0.29, 0.717) is 10.3 Å². The Morgan fingerprint density at radius 2 is 1.82 bits per heavy atom. The van der Waals surface area contributed by atoms with Crippen LogP contribution in [0.4, 0.5) is 35.5 Å². The summed E-state index contributed by atoms with van der Waals surface area (Å²) in [6.07, 6.45) is -2.63. The standard InChI is InChI=1S/C35H37ClF7N9O3/c1-31(2,3)17-34(32(4)10-7-19(8-11-32)22-9-14-46-52(22)28(39)40)27(53)50(29(44)48-34)24(16-55-30(54)49-33(12-13-33)35(41,42)43)20-5-6-21(36)23(15-20)51-26(25(37)38)45-18-47-51/h5-10,14-15,18,24-25,28H,11-13,16-17H2,1-4H3,(H2,44,48)(H,49,54)/t24-,32?,34+/m1/s1. The monoisotopic (exact) mass is 799 g/mol. The topological polar surface area (TPSA) is 146 Å². The van der Waals surface area contributed by atoms with Gasteiger partial charge in [0.15, 0.2) is 17.3 Å². The van der Waals surface area contributed by atoms with Gasteiger partial charge in [0.25, 0.3) is 12.3 Å². The van der Waals surface area contributed by atoms with E-state index in [1.807, 2.05) is 26.1 Å². The first-order chi connectivity index (χ1) is 25.6. The van der Waals surface area contributed by atoms with Gasteiger partial charge in [-0.15, -0.1) is 0 Å². The highest BCUT2D eigenvalue weighted by molar-refractivity contribution is 6.32. The molecule has 1 aliphatic heterocycles. The van der Waals surface area contributed by atoms with Gasteiger partial charge in [0.1, 0.15) is 18.5 Å². The minimum Gasteiger partial charge on any atom is -0.447 e. The average molecular weight is 800 g/mol. The number of hydrogen-bond donors (Lipinski definition) is 2. The van der Waals surface area contributed by atoms with Crippen molar-refractivity contribution in [2.45, 2.75) is 89.6 Å². The highest BCUT2D eigenvalue weighted by Crippen LogP contribution is 2.53. The van der Waals surface area contributed by atoms with Gasteiger partial charge in [0.05, 0.1) is 22.4 Å². The van der Waals surface area contributed by atoms with E-state index in [2.05, 4.69) is 15.2 Å². The molecular formula is C35H37ClF7N9O3. The number of rotatable bonds is 11. The second-order valence-electron chi connectivity index (χ2n) is 15.2. The third kappa shape index (κ3) is 7.29. The summed E-state index contributed by atoms with van der Waals surface area (Å²) < 4.78 is 103. The Morgan fingerprint density at radius 3 is 2.40 bits per heavy atom. The van der Waals surface area contributed by atoms with Crippen LogP contribution >= 0.6 is 11.6 Å². The lowest BCUT2D eigenvalue weighted by atomic mass is 9.61. The molecule has 55 heavy (non-hydrogen) atoms. The molecule has 0 saturated heterocycles. The maximum atomic E-state index is 15.1. The SMILES string of the molecule is CC(C)(C)C[C@]1(C2(C)C=CC(c3ccnn3C(F)F)=CC2)N=C(N)N([C@H](COC(=O)NC2(C(F)(F)F)CC2)c2ccc(Cl)c(-n3ncnc3C(F)F)c2)C1=O. The van der Waals surface area contributed by atoms with Crippen molar-refractivity contribution in [3.8, 4) is 5.69 Å². The number of amides is 2. The van der Waals surface area contributed by atoms with Gasteiger partial charge < -0.3 is 15.8 Å². The molecule has 3 atom stereocenters. The van der Waals surface area contributed by atoms with Crippen LogP contribution in [0.2, 0.25) is 5.02 Å². The van der Waals surface area contributed by atoms with Gasteiger partial charge in [-0.25, -0.2) is 32.9 Å². The van der Waals surface area contributed by atoms with Crippen molar-refractivity contribution >= 4 is 35.1 Å². The predicted molar refractivity (Wildman–Crippen MR) is 185 cm³/mol.